The zero-order valence-electron chi connectivity index (χ0n) is 20.6. The molecule has 0 aliphatic rings. The van der Waals surface area contributed by atoms with Crippen LogP contribution in [0.3, 0.4) is 0 Å². The number of rotatable bonds is 15. The molecule has 0 spiro atoms. The lowest BCUT2D eigenvalue weighted by molar-refractivity contribution is 0.304. The van der Waals surface area contributed by atoms with Crippen molar-refractivity contribution in [3.8, 4) is 28.3 Å². The molecule has 1 heterocycles. The standard InChI is InChI=1S/C30H40N2O/c1-3-5-7-9-11-13-25-14-16-27(17-15-25)30-31-23-28(24-32-30)26-18-20-29(21-19-26)33-22-12-10-8-6-4-2/h14-21,23-24H,3-13,22H2,1-2H3. The van der Waals surface area contributed by atoms with Crippen LogP contribution in [0.4, 0.5) is 0 Å². The van der Waals surface area contributed by atoms with Gasteiger partial charge < -0.3 is 4.74 Å². The first-order valence-electron chi connectivity index (χ1n) is 12.9. The number of hydrogen-bond donors (Lipinski definition) is 0. The van der Waals surface area contributed by atoms with Crippen molar-refractivity contribution in [3.63, 3.8) is 0 Å². The summed E-state index contributed by atoms with van der Waals surface area (Å²) in [6.07, 6.45) is 17.8. The van der Waals surface area contributed by atoms with Crippen LogP contribution in [0.1, 0.15) is 83.6 Å². The molecular formula is C30H40N2O. The molecule has 176 valence electrons. The van der Waals surface area contributed by atoms with Crippen LogP contribution in [0.5, 0.6) is 5.75 Å². The zero-order chi connectivity index (χ0) is 23.1. The Morgan fingerprint density at radius 1 is 0.576 bits per heavy atom. The largest absolute Gasteiger partial charge is 0.494 e. The van der Waals surface area contributed by atoms with Gasteiger partial charge in [-0.2, -0.15) is 0 Å². The average Bonchev–Trinajstić information content (AvgIpc) is 2.87. The fraction of sp³-hybridized carbons (Fsp3) is 0.467. The van der Waals surface area contributed by atoms with Gasteiger partial charge in [0.15, 0.2) is 5.82 Å². The normalized spacial score (nSPS) is 11.0. The van der Waals surface area contributed by atoms with Crippen molar-refractivity contribution in [2.24, 2.45) is 0 Å². The molecule has 0 fully saturated rings. The van der Waals surface area contributed by atoms with Gasteiger partial charge in [0.25, 0.3) is 0 Å². The third-order valence-electron chi connectivity index (χ3n) is 6.14. The summed E-state index contributed by atoms with van der Waals surface area (Å²) in [5.41, 5.74) is 4.60. The highest BCUT2D eigenvalue weighted by Crippen LogP contribution is 2.23. The molecule has 0 amide bonds. The molecule has 0 unspecified atom stereocenters. The monoisotopic (exact) mass is 444 g/mol. The minimum atomic E-state index is 0.774. The molecule has 3 nitrogen and oxygen atoms in total. The van der Waals surface area contributed by atoms with Crippen molar-refractivity contribution >= 4 is 0 Å². The van der Waals surface area contributed by atoms with E-state index in [0.717, 1.165) is 47.7 Å². The van der Waals surface area contributed by atoms with Gasteiger partial charge in [-0.05, 0) is 42.5 Å². The minimum absolute atomic E-state index is 0.774. The summed E-state index contributed by atoms with van der Waals surface area (Å²) in [7, 11) is 0. The van der Waals surface area contributed by atoms with Crippen LogP contribution in [0.2, 0.25) is 0 Å². The molecule has 1 aromatic heterocycles. The maximum atomic E-state index is 5.87. The first-order chi connectivity index (χ1) is 16.3. The second-order valence-corrected chi connectivity index (χ2v) is 8.94. The van der Waals surface area contributed by atoms with Crippen molar-refractivity contribution in [2.45, 2.75) is 84.5 Å². The molecule has 3 heteroatoms. The lowest BCUT2D eigenvalue weighted by Gasteiger charge is -2.08. The van der Waals surface area contributed by atoms with E-state index in [0.29, 0.717) is 0 Å². The Kier molecular flexibility index (Phi) is 10.9. The van der Waals surface area contributed by atoms with Gasteiger partial charge in [0.2, 0.25) is 0 Å². The first kappa shape index (κ1) is 25.0. The number of aromatic nitrogens is 2. The van der Waals surface area contributed by atoms with E-state index in [9.17, 15) is 0 Å². The molecule has 0 saturated heterocycles. The highest BCUT2D eigenvalue weighted by Gasteiger charge is 2.05. The fourth-order valence-corrected chi connectivity index (χ4v) is 4.02. The number of nitrogens with zero attached hydrogens (tertiary/aromatic N) is 2. The van der Waals surface area contributed by atoms with E-state index in [1.165, 1.54) is 63.4 Å². The van der Waals surface area contributed by atoms with Crippen LogP contribution in [-0.2, 0) is 6.42 Å². The fourth-order valence-electron chi connectivity index (χ4n) is 4.02. The molecule has 3 rings (SSSR count). The van der Waals surface area contributed by atoms with E-state index in [1.54, 1.807) is 0 Å². The van der Waals surface area contributed by atoms with E-state index >= 15 is 0 Å². The Morgan fingerprint density at radius 2 is 1.15 bits per heavy atom. The topological polar surface area (TPSA) is 35.0 Å². The van der Waals surface area contributed by atoms with Crippen molar-refractivity contribution in [1.29, 1.82) is 0 Å². The highest BCUT2D eigenvalue weighted by atomic mass is 16.5. The predicted octanol–water partition coefficient (Wildman–Crippen LogP) is 8.67. The van der Waals surface area contributed by atoms with Crippen LogP contribution < -0.4 is 4.74 Å². The van der Waals surface area contributed by atoms with E-state index in [2.05, 4.69) is 60.2 Å². The summed E-state index contributed by atoms with van der Waals surface area (Å²) < 4.78 is 5.87. The van der Waals surface area contributed by atoms with E-state index < -0.39 is 0 Å². The summed E-state index contributed by atoms with van der Waals surface area (Å²) >= 11 is 0. The third kappa shape index (κ3) is 8.64. The molecule has 0 N–H and O–H groups in total. The summed E-state index contributed by atoms with van der Waals surface area (Å²) in [5.74, 6) is 1.70. The summed E-state index contributed by atoms with van der Waals surface area (Å²) in [4.78, 5) is 9.23. The number of ether oxygens (including phenoxy) is 1. The molecule has 0 bridgehead atoms. The van der Waals surface area contributed by atoms with Crippen LogP contribution in [0.25, 0.3) is 22.5 Å². The second kappa shape index (κ2) is 14.5. The molecule has 0 atom stereocenters. The average molecular weight is 445 g/mol. The molecule has 33 heavy (non-hydrogen) atoms. The van der Waals surface area contributed by atoms with Crippen LogP contribution in [0.15, 0.2) is 60.9 Å². The lowest BCUT2D eigenvalue weighted by atomic mass is 10.0. The van der Waals surface area contributed by atoms with Crippen LogP contribution in [-0.4, -0.2) is 16.6 Å². The molecule has 0 aliphatic carbocycles. The quantitative estimate of drug-likeness (QED) is 0.220. The molecule has 0 aliphatic heterocycles. The highest BCUT2D eigenvalue weighted by molar-refractivity contribution is 5.64. The van der Waals surface area contributed by atoms with Crippen molar-refractivity contribution < 1.29 is 4.74 Å². The van der Waals surface area contributed by atoms with E-state index in [-0.39, 0.29) is 0 Å². The Balaban J connectivity index is 1.48. The maximum absolute atomic E-state index is 5.87. The number of benzene rings is 2. The molecule has 0 saturated carbocycles. The smallest absolute Gasteiger partial charge is 0.159 e. The lowest BCUT2D eigenvalue weighted by Crippen LogP contribution is -1.97. The first-order valence-corrected chi connectivity index (χ1v) is 12.9. The van der Waals surface area contributed by atoms with Gasteiger partial charge in [0, 0.05) is 23.5 Å². The van der Waals surface area contributed by atoms with Gasteiger partial charge in [-0.25, -0.2) is 9.97 Å². The van der Waals surface area contributed by atoms with Crippen molar-refractivity contribution in [2.75, 3.05) is 6.61 Å². The number of unbranched alkanes of at least 4 members (excludes halogenated alkanes) is 8. The Hall–Kier alpha value is -2.68. The maximum Gasteiger partial charge on any atom is 0.159 e. The second-order valence-electron chi connectivity index (χ2n) is 8.94. The van der Waals surface area contributed by atoms with E-state index in [1.807, 2.05) is 24.5 Å². The summed E-state index contributed by atoms with van der Waals surface area (Å²) in [6.45, 7) is 5.29. The summed E-state index contributed by atoms with van der Waals surface area (Å²) in [6, 6.07) is 17.0. The predicted molar refractivity (Wildman–Crippen MR) is 140 cm³/mol. The van der Waals surface area contributed by atoms with Gasteiger partial charge in [0.1, 0.15) is 5.75 Å². The van der Waals surface area contributed by atoms with Gasteiger partial charge >= 0.3 is 0 Å². The molecule has 3 aromatic rings. The van der Waals surface area contributed by atoms with Gasteiger partial charge in [-0.15, -0.1) is 0 Å². The van der Waals surface area contributed by atoms with E-state index in [4.69, 9.17) is 4.74 Å². The Morgan fingerprint density at radius 3 is 1.79 bits per heavy atom. The molecular weight excluding hydrogens is 404 g/mol. The van der Waals surface area contributed by atoms with Crippen LogP contribution in [0, 0.1) is 0 Å². The van der Waals surface area contributed by atoms with Gasteiger partial charge in [-0.3, -0.25) is 0 Å². The van der Waals surface area contributed by atoms with Gasteiger partial charge in [-0.1, -0.05) is 102 Å². The summed E-state index contributed by atoms with van der Waals surface area (Å²) in [5, 5.41) is 0. The zero-order valence-corrected chi connectivity index (χ0v) is 20.6. The molecule has 0 radical (unpaired) electrons. The molecule has 2 aromatic carbocycles. The Bertz CT molecular complexity index is 902. The number of aryl methyl sites for hydroxylation is 1. The Labute approximate surface area is 200 Å². The van der Waals surface area contributed by atoms with Gasteiger partial charge in [0.05, 0.1) is 6.61 Å². The van der Waals surface area contributed by atoms with Crippen molar-refractivity contribution in [3.05, 3.63) is 66.5 Å². The SMILES string of the molecule is CCCCCCCOc1ccc(-c2cnc(-c3ccc(CCCCCCC)cc3)nc2)cc1. The van der Waals surface area contributed by atoms with Crippen LogP contribution >= 0.6 is 0 Å². The number of hydrogen-bond acceptors (Lipinski definition) is 3. The van der Waals surface area contributed by atoms with Crippen molar-refractivity contribution in [1.82, 2.24) is 9.97 Å². The third-order valence-corrected chi connectivity index (χ3v) is 6.14. The minimum Gasteiger partial charge on any atom is -0.494 e.